The van der Waals surface area contributed by atoms with Crippen molar-refractivity contribution in [3.8, 4) is 0 Å². The number of esters is 2. The zero-order chi connectivity index (χ0) is 15.9. The Hall–Kier alpha value is -1.06. The van der Waals surface area contributed by atoms with Gasteiger partial charge in [0.05, 0.1) is 6.61 Å². The molecule has 1 unspecified atom stereocenters. The molecule has 0 aliphatic rings. The van der Waals surface area contributed by atoms with Crippen molar-refractivity contribution < 1.29 is 19.1 Å². The minimum atomic E-state index is -0.146. The molecule has 4 heteroatoms. The Labute approximate surface area is 129 Å². The highest BCUT2D eigenvalue weighted by atomic mass is 16.6. The molecular formula is C17H32O4. The van der Waals surface area contributed by atoms with Crippen LogP contribution < -0.4 is 0 Å². The standard InChI is InChI=1S/C17H32O4/c1-4-7-9-11-16(18)20-14-13-15(6-3)21-17(19)12-10-8-5-2/h15H,4-14H2,1-3H3. The Kier molecular flexibility index (Phi) is 13.2. The molecule has 0 aromatic heterocycles. The summed E-state index contributed by atoms with van der Waals surface area (Å²) in [5, 5.41) is 0. The van der Waals surface area contributed by atoms with Gasteiger partial charge >= 0.3 is 11.9 Å². The van der Waals surface area contributed by atoms with E-state index in [0.717, 1.165) is 44.9 Å². The summed E-state index contributed by atoms with van der Waals surface area (Å²) in [6, 6.07) is 0. The number of hydrogen-bond acceptors (Lipinski definition) is 4. The molecule has 21 heavy (non-hydrogen) atoms. The summed E-state index contributed by atoms with van der Waals surface area (Å²) < 4.78 is 10.6. The van der Waals surface area contributed by atoms with Crippen LogP contribution in [0.2, 0.25) is 0 Å². The predicted octanol–water partition coefficient (Wildman–Crippen LogP) is 4.40. The van der Waals surface area contributed by atoms with E-state index in [4.69, 9.17) is 9.47 Å². The Morgan fingerprint density at radius 3 is 1.95 bits per heavy atom. The average molecular weight is 300 g/mol. The van der Waals surface area contributed by atoms with Crippen molar-refractivity contribution >= 4 is 11.9 Å². The summed E-state index contributed by atoms with van der Waals surface area (Å²) in [5.74, 6) is -0.280. The first-order valence-electron chi connectivity index (χ1n) is 8.49. The van der Waals surface area contributed by atoms with E-state index < -0.39 is 0 Å². The molecule has 4 nitrogen and oxygen atoms in total. The van der Waals surface area contributed by atoms with Gasteiger partial charge in [-0.15, -0.1) is 0 Å². The van der Waals surface area contributed by atoms with Crippen LogP contribution >= 0.6 is 0 Å². The fourth-order valence-corrected chi connectivity index (χ4v) is 2.01. The molecule has 1 atom stereocenters. The second-order valence-corrected chi connectivity index (χ2v) is 5.44. The van der Waals surface area contributed by atoms with Crippen molar-refractivity contribution in [2.75, 3.05) is 6.61 Å². The van der Waals surface area contributed by atoms with Crippen LogP contribution in [-0.2, 0) is 19.1 Å². The number of ether oxygens (including phenoxy) is 2. The highest BCUT2D eigenvalue weighted by Crippen LogP contribution is 2.09. The molecule has 124 valence electrons. The molecule has 0 saturated carbocycles. The van der Waals surface area contributed by atoms with Crippen molar-refractivity contribution in [2.24, 2.45) is 0 Å². The third-order valence-electron chi connectivity index (χ3n) is 3.43. The molecule has 0 aliphatic heterocycles. The van der Waals surface area contributed by atoms with Gasteiger partial charge in [-0.05, 0) is 19.3 Å². The number of rotatable bonds is 13. The Balaban J connectivity index is 3.73. The lowest BCUT2D eigenvalue weighted by Crippen LogP contribution is -2.20. The third-order valence-corrected chi connectivity index (χ3v) is 3.43. The Morgan fingerprint density at radius 1 is 0.857 bits per heavy atom. The molecule has 0 amide bonds. The first-order valence-corrected chi connectivity index (χ1v) is 8.49. The second kappa shape index (κ2) is 13.9. The topological polar surface area (TPSA) is 52.6 Å². The molecule has 0 saturated heterocycles. The van der Waals surface area contributed by atoms with E-state index in [0.29, 0.717) is 25.9 Å². The zero-order valence-electron chi connectivity index (χ0n) is 14.0. The van der Waals surface area contributed by atoms with Crippen molar-refractivity contribution in [1.29, 1.82) is 0 Å². The number of unbranched alkanes of at least 4 members (excludes halogenated alkanes) is 4. The van der Waals surface area contributed by atoms with E-state index in [1.165, 1.54) is 0 Å². The monoisotopic (exact) mass is 300 g/mol. The third kappa shape index (κ3) is 12.4. The zero-order valence-corrected chi connectivity index (χ0v) is 14.0. The number of carbonyl (C=O) groups excluding carboxylic acids is 2. The fourth-order valence-electron chi connectivity index (χ4n) is 2.01. The lowest BCUT2D eigenvalue weighted by Gasteiger charge is -2.16. The predicted molar refractivity (Wildman–Crippen MR) is 84.0 cm³/mol. The molecule has 0 aromatic rings. The normalized spacial score (nSPS) is 12.0. The van der Waals surface area contributed by atoms with Crippen LogP contribution in [-0.4, -0.2) is 24.6 Å². The van der Waals surface area contributed by atoms with E-state index in [1.54, 1.807) is 0 Å². The summed E-state index contributed by atoms with van der Waals surface area (Å²) in [5.41, 5.74) is 0. The van der Waals surface area contributed by atoms with Crippen LogP contribution in [0.15, 0.2) is 0 Å². The molecule has 0 heterocycles. The van der Waals surface area contributed by atoms with Crippen molar-refractivity contribution in [2.45, 2.75) is 91.1 Å². The molecular weight excluding hydrogens is 268 g/mol. The summed E-state index contributed by atoms with van der Waals surface area (Å²) in [7, 11) is 0. The molecule has 0 aliphatic carbocycles. The SMILES string of the molecule is CCCCCC(=O)OCCC(CC)OC(=O)CCCCC. The van der Waals surface area contributed by atoms with Gasteiger partial charge < -0.3 is 9.47 Å². The molecule has 0 aromatic carbocycles. The second-order valence-electron chi connectivity index (χ2n) is 5.44. The first-order chi connectivity index (χ1) is 10.1. The first kappa shape index (κ1) is 19.9. The quantitative estimate of drug-likeness (QED) is 0.373. The molecule has 0 radical (unpaired) electrons. The Bertz CT molecular complexity index is 276. The van der Waals surface area contributed by atoms with Gasteiger partial charge in [0.15, 0.2) is 0 Å². The van der Waals surface area contributed by atoms with Crippen molar-refractivity contribution in [3.63, 3.8) is 0 Å². The van der Waals surface area contributed by atoms with Gasteiger partial charge in [-0.2, -0.15) is 0 Å². The van der Waals surface area contributed by atoms with Crippen molar-refractivity contribution in [1.82, 2.24) is 0 Å². The molecule has 0 bridgehead atoms. The Morgan fingerprint density at radius 2 is 1.43 bits per heavy atom. The van der Waals surface area contributed by atoms with Crippen LogP contribution in [0.3, 0.4) is 0 Å². The minimum absolute atomic E-state index is 0.135. The van der Waals surface area contributed by atoms with E-state index in [1.807, 2.05) is 6.92 Å². The van der Waals surface area contributed by atoms with Crippen LogP contribution in [0.25, 0.3) is 0 Å². The minimum Gasteiger partial charge on any atom is -0.466 e. The van der Waals surface area contributed by atoms with Crippen LogP contribution in [0.1, 0.15) is 85.0 Å². The lowest BCUT2D eigenvalue weighted by atomic mass is 10.2. The lowest BCUT2D eigenvalue weighted by molar-refractivity contribution is -0.151. The van der Waals surface area contributed by atoms with Gasteiger partial charge in [-0.1, -0.05) is 46.5 Å². The van der Waals surface area contributed by atoms with Gasteiger partial charge in [0.1, 0.15) is 6.10 Å². The van der Waals surface area contributed by atoms with Gasteiger partial charge in [0.25, 0.3) is 0 Å². The highest BCUT2D eigenvalue weighted by molar-refractivity contribution is 5.69. The molecule has 0 N–H and O–H groups in total. The smallest absolute Gasteiger partial charge is 0.306 e. The van der Waals surface area contributed by atoms with Crippen LogP contribution in [0, 0.1) is 0 Å². The van der Waals surface area contributed by atoms with Gasteiger partial charge in [-0.25, -0.2) is 0 Å². The number of carbonyl (C=O) groups is 2. The molecule has 0 spiro atoms. The number of hydrogen-bond donors (Lipinski definition) is 0. The average Bonchev–Trinajstić information content (AvgIpc) is 2.46. The van der Waals surface area contributed by atoms with Crippen molar-refractivity contribution in [3.05, 3.63) is 0 Å². The summed E-state index contributed by atoms with van der Waals surface area (Å²) in [4.78, 5) is 23.1. The van der Waals surface area contributed by atoms with Gasteiger partial charge in [-0.3, -0.25) is 9.59 Å². The summed E-state index contributed by atoms with van der Waals surface area (Å²) in [6.07, 6.45) is 8.27. The van der Waals surface area contributed by atoms with Gasteiger partial charge in [0.2, 0.25) is 0 Å². The van der Waals surface area contributed by atoms with E-state index in [9.17, 15) is 9.59 Å². The van der Waals surface area contributed by atoms with Gasteiger partial charge in [0, 0.05) is 19.3 Å². The summed E-state index contributed by atoms with van der Waals surface area (Å²) in [6.45, 7) is 6.53. The van der Waals surface area contributed by atoms with E-state index >= 15 is 0 Å². The van der Waals surface area contributed by atoms with Crippen LogP contribution in [0.5, 0.6) is 0 Å². The maximum Gasteiger partial charge on any atom is 0.306 e. The highest BCUT2D eigenvalue weighted by Gasteiger charge is 2.13. The maximum atomic E-state index is 11.6. The van der Waals surface area contributed by atoms with Crippen LogP contribution in [0.4, 0.5) is 0 Å². The molecule has 0 rings (SSSR count). The van der Waals surface area contributed by atoms with E-state index in [2.05, 4.69) is 13.8 Å². The fraction of sp³-hybridized carbons (Fsp3) is 0.882. The van der Waals surface area contributed by atoms with E-state index in [-0.39, 0.29) is 18.0 Å². The molecule has 0 fully saturated rings. The maximum absolute atomic E-state index is 11.6. The largest absolute Gasteiger partial charge is 0.466 e. The summed E-state index contributed by atoms with van der Waals surface area (Å²) >= 11 is 0.